The van der Waals surface area contributed by atoms with E-state index < -0.39 is 126 Å². The predicted octanol–water partition coefficient (Wildman–Crippen LogP) is 1.31. The number of aryl methyl sites for hydroxylation is 1. The van der Waals surface area contributed by atoms with E-state index in [1.807, 2.05) is 56.3 Å². The topological polar surface area (TPSA) is 438 Å². The van der Waals surface area contributed by atoms with Crippen molar-refractivity contribution in [3.8, 4) is 11.5 Å². The molecule has 1 aromatic heterocycles. The maximum absolute atomic E-state index is 15.1. The molecule has 0 spiro atoms. The molecule has 29 heteroatoms. The first-order valence-electron chi connectivity index (χ1n) is 33.9. The van der Waals surface area contributed by atoms with Crippen molar-refractivity contribution >= 4 is 87.4 Å². The summed E-state index contributed by atoms with van der Waals surface area (Å²) < 4.78 is 11.1. The van der Waals surface area contributed by atoms with Gasteiger partial charge in [0.05, 0.1) is 12.6 Å². The largest absolute Gasteiger partial charge is 0.454 e. The van der Waals surface area contributed by atoms with E-state index in [1.165, 1.54) is 24.2 Å². The van der Waals surface area contributed by atoms with Crippen LogP contribution >= 0.6 is 11.6 Å². The number of aliphatic hydroxyl groups is 1. The van der Waals surface area contributed by atoms with Crippen molar-refractivity contribution in [1.82, 2.24) is 52.4 Å². The first kappa shape index (κ1) is 77.0. The zero-order chi connectivity index (χ0) is 73.4. The monoisotopic (exact) mass is 1420 g/mol. The molecule has 0 radical (unpaired) electrons. The Bertz CT molecular complexity index is 3940. The van der Waals surface area contributed by atoms with E-state index in [0.717, 1.165) is 16.3 Å². The average Bonchev–Trinajstić information content (AvgIpc) is 1.25. The SMILES string of the molecule is CC(C)C[C@H](NC(=O)[C@@H](Cc1cccnc1)NC(=O)[C@H](CCc1ccc2c(c1)OCO2)NC(=O)[C@H](CO)NC(=O)[C@@H](Cc1ccccc1)NC(=O)[C@@H](Cc1ccc(Cl)cc1)NC(=O)[C@H](N)Cc1cccc2ccccc12)C(=O)N[C@@H](CCCN=C(N)N)C(=O)N1CCC[C@H]1C(=O)N[C@H](C)C(N)=O. The Kier molecular flexibility index (Phi) is 28.4. The fourth-order valence-corrected chi connectivity index (χ4v) is 12.1. The number of aliphatic imine (C=N–C) groups is 1. The lowest BCUT2D eigenvalue weighted by molar-refractivity contribution is -0.142. The number of halogens is 1. The number of guanidine groups is 1. The molecule has 8 rings (SSSR count). The van der Waals surface area contributed by atoms with Gasteiger partial charge < -0.3 is 84.9 Å². The van der Waals surface area contributed by atoms with Crippen LogP contribution in [0.15, 0.2) is 145 Å². The van der Waals surface area contributed by atoms with E-state index in [2.05, 4.69) is 52.5 Å². The van der Waals surface area contributed by atoms with E-state index in [9.17, 15) is 48.3 Å². The number of carbonyl (C=O) groups excluding carboxylic acids is 10. The van der Waals surface area contributed by atoms with Crippen LogP contribution in [-0.4, -0.2) is 167 Å². The van der Waals surface area contributed by atoms with Crippen LogP contribution in [0.25, 0.3) is 10.8 Å². The molecular weight excluding hydrogens is 1330 g/mol. The number of nitrogens with two attached hydrogens (primary N) is 4. The first-order chi connectivity index (χ1) is 48.9. The van der Waals surface area contributed by atoms with Crippen LogP contribution in [0.1, 0.15) is 87.1 Å². The molecule has 1 fully saturated rings. The minimum absolute atomic E-state index is 0.00534. The Morgan fingerprint density at radius 1 is 0.588 bits per heavy atom. The molecule has 2 aliphatic heterocycles. The van der Waals surface area contributed by atoms with Crippen LogP contribution in [0.5, 0.6) is 11.5 Å². The molecule has 2 aliphatic rings. The number of likely N-dealkylation sites (tertiary alicyclic amines) is 1. The van der Waals surface area contributed by atoms with Gasteiger partial charge in [-0.1, -0.05) is 123 Å². The van der Waals surface area contributed by atoms with Gasteiger partial charge in [0.1, 0.15) is 54.4 Å². The normalized spacial score (nSPS) is 15.7. The van der Waals surface area contributed by atoms with Gasteiger partial charge in [-0.2, -0.15) is 0 Å². The van der Waals surface area contributed by atoms with Crippen molar-refractivity contribution in [2.45, 2.75) is 152 Å². The summed E-state index contributed by atoms with van der Waals surface area (Å²) in [7, 11) is 0. The second-order valence-electron chi connectivity index (χ2n) is 25.8. The van der Waals surface area contributed by atoms with Crippen molar-refractivity contribution in [2.75, 3.05) is 26.5 Å². The highest BCUT2D eigenvalue weighted by Crippen LogP contribution is 2.33. The summed E-state index contributed by atoms with van der Waals surface area (Å²) in [6.45, 7) is 4.22. The van der Waals surface area contributed by atoms with Crippen molar-refractivity contribution in [3.05, 3.63) is 173 Å². The van der Waals surface area contributed by atoms with Crippen molar-refractivity contribution < 1.29 is 62.5 Å². The Balaban J connectivity index is 1.03. The number of amides is 10. The highest BCUT2D eigenvalue weighted by molar-refractivity contribution is 6.30. The zero-order valence-electron chi connectivity index (χ0n) is 57.1. The van der Waals surface area contributed by atoms with Crippen molar-refractivity contribution in [2.24, 2.45) is 33.8 Å². The number of fused-ring (bicyclic) bond motifs is 2. The molecule has 3 heterocycles. The third-order valence-electron chi connectivity index (χ3n) is 17.5. The van der Waals surface area contributed by atoms with E-state index in [-0.39, 0.29) is 96.0 Å². The van der Waals surface area contributed by atoms with Gasteiger partial charge in [0.25, 0.3) is 0 Å². The lowest BCUT2D eigenvalue weighted by Crippen LogP contribution is -2.61. The molecule has 102 heavy (non-hydrogen) atoms. The molecule has 10 amide bonds. The summed E-state index contributed by atoms with van der Waals surface area (Å²) in [4.78, 5) is 153. The van der Waals surface area contributed by atoms with Crippen LogP contribution in [0.4, 0.5) is 0 Å². The second kappa shape index (κ2) is 37.6. The fourth-order valence-electron chi connectivity index (χ4n) is 12.0. The summed E-state index contributed by atoms with van der Waals surface area (Å²) in [5.41, 5.74) is 26.3. The Labute approximate surface area is 596 Å². The Morgan fingerprint density at radius 3 is 1.80 bits per heavy atom. The summed E-state index contributed by atoms with van der Waals surface area (Å²) in [5, 5.41) is 35.0. The van der Waals surface area contributed by atoms with Crippen LogP contribution in [0.3, 0.4) is 0 Å². The molecule has 542 valence electrons. The lowest BCUT2D eigenvalue weighted by Gasteiger charge is -2.31. The number of aliphatic hydroxyl groups excluding tert-OH is 1. The van der Waals surface area contributed by atoms with Gasteiger partial charge >= 0.3 is 0 Å². The number of benzene rings is 5. The summed E-state index contributed by atoms with van der Waals surface area (Å²) in [5.74, 6) is -7.47. The van der Waals surface area contributed by atoms with Crippen LogP contribution in [0.2, 0.25) is 5.02 Å². The van der Waals surface area contributed by atoms with Gasteiger partial charge in [-0.05, 0) is 133 Å². The maximum Gasteiger partial charge on any atom is 0.245 e. The number of aromatic nitrogens is 1. The molecule has 10 atom stereocenters. The zero-order valence-corrected chi connectivity index (χ0v) is 57.9. The molecule has 17 N–H and O–H groups in total. The third kappa shape index (κ3) is 22.7. The van der Waals surface area contributed by atoms with E-state index in [0.29, 0.717) is 45.2 Å². The number of ether oxygens (including phenoxy) is 2. The Hall–Kier alpha value is -10.7. The van der Waals surface area contributed by atoms with Gasteiger partial charge in [-0.15, -0.1) is 0 Å². The molecule has 0 aliphatic carbocycles. The van der Waals surface area contributed by atoms with Crippen molar-refractivity contribution in [3.63, 3.8) is 0 Å². The number of nitrogens with zero attached hydrogens (tertiary/aromatic N) is 3. The average molecular weight is 1420 g/mol. The summed E-state index contributed by atoms with van der Waals surface area (Å²) in [6, 6.07) is 23.7. The standard InChI is InChI=1S/C73H90ClN15O13/c1-42(2)33-55(66(94)83-54(20-11-31-80-73(77)78)72(100)89-32-12-21-60(89)71(99)81-43(3)63(76)91)85-68(96)58(36-47-15-10-30-79-39-47)86-65(93)53(28-24-46-25-29-61-62(37-46)102-41-101-61)82-70(98)59(40-90)88-69(97)57(34-44-13-5-4-6-14-44)87-67(95)56(35-45-22-26-50(74)27-23-45)84-64(92)52(75)38-49-18-9-17-48-16-7-8-19-51(48)49/h4-10,13-19,22-23,25-27,29-30,37,39,42-43,52-60,90H,11-12,20-21,24,28,31-36,38,40-41,75H2,1-3H3,(H2,76,91)(H,81,99)(H,82,98)(H,83,94)(H,84,92)(H,85,96)(H,86,93)(H,87,95)(H,88,97)(H4,77,78,80)/t43-,52-,53+,54+,55+,56-,57-,58-,59+,60+/m1/s1. The minimum atomic E-state index is -1.77. The molecule has 0 saturated carbocycles. The van der Waals surface area contributed by atoms with Gasteiger partial charge in [0.15, 0.2) is 17.5 Å². The number of hydrogen-bond donors (Lipinski definition) is 13. The molecular formula is C73H90ClN15O13. The van der Waals surface area contributed by atoms with E-state index in [4.69, 9.17) is 44.0 Å². The number of pyridine rings is 1. The minimum Gasteiger partial charge on any atom is -0.454 e. The third-order valence-corrected chi connectivity index (χ3v) is 17.7. The van der Waals surface area contributed by atoms with Crippen LogP contribution in [-0.2, 0) is 80.0 Å². The lowest BCUT2D eigenvalue weighted by atomic mass is 9.98. The number of primary amides is 1. The molecule has 1 saturated heterocycles. The van der Waals surface area contributed by atoms with Gasteiger partial charge in [0, 0.05) is 49.8 Å². The van der Waals surface area contributed by atoms with Crippen molar-refractivity contribution in [1.29, 1.82) is 0 Å². The Morgan fingerprint density at radius 2 is 1.15 bits per heavy atom. The maximum atomic E-state index is 15.1. The molecule has 0 bridgehead atoms. The quantitative estimate of drug-likeness (QED) is 0.0150. The second-order valence-corrected chi connectivity index (χ2v) is 26.2. The summed E-state index contributed by atoms with van der Waals surface area (Å²) in [6.07, 6.45) is 3.58. The number of nitrogens with one attached hydrogen (secondary N) is 8. The van der Waals surface area contributed by atoms with E-state index >= 15 is 4.79 Å². The highest BCUT2D eigenvalue weighted by Gasteiger charge is 2.40. The fraction of sp³-hybridized carbons (Fsp3) is 0.397. The summed E-state index contributed by atoms with van der Waals surface area (Å²) >= 11 is 6.24. The van der Waals surface area contributed by atoms with E-state index in [1.54, 1.807) is 84.9 Å². The van der Waals surface area contributed by atoms with Gasteiger partial charge in [0.2, 0.25) is 65.9 Å². The predicted molar refractivity (Wildman–Crippen MR) is 381 cm³/mol. The first-order valence-corrected chi connectivity index (χ1v) is 34.3. The van der Waals surface area contributed by atoms with Gasteiger partial charge in [-0.3, -0.25) is 57.9 Å². The molecule has 5 aromatic carbocycles. The molecule has 28 nitrogen and oxygen atoms in total. The van der Waals surface area contributed by atoms with Crippen LogP contribution in [0, 0.1) is 5.92 Å². The smallest absolute Gasteiger partial charge is 0.245 e. The molecule has 0 unspecified atom stereocenters. The number of rotatable bonds is 36. The number of carbonyl (C=O) groups is 10. The highest BCUT2D eigenvalue weighted by atomic mass is 35.5. The van der Waals surface area contributed by atoms with Gasteiger partial charge in [-0.25, -0.2) is 0 Å². The molecule has 6 aromatic rings. The van der Waals surface area contributed by atoms with Crippen LogP contribution < -0.4 is 74.9 Å². The number of hydrogen-bond acceptors (Lipinski definition) is 16.